The van der Waals surface area contributed by atoms with E-state index >= 15 is 0 Å². The maximum absolute atomic E-state index is 13.4. The molecule has 0 unspecified atom stereocenters. The minimum atomic E-state index is -1.08. The zero-order valence-corrected chi connectivity index (χ0v) is 18.1. The molecule has 1 aromatic rings. The Kier molecular flexibility index (Phi) is 5.10. The summed E-state index contributed by atoms with van der Waals surface area (Å²) >= 11 is 0. The Labute approximate surface area is 162 Å². The molecule has 2 N–H and O–H groups in total. The second-order valence-electron chi connectivity index (χ2n) is 8.39. The van der Waals surface area contributed by atoms with Crippen LogP contribution in [0.4, 0.5) is 10.6 Å². The molecule has 1 fully saturated rings. The van der Waals surface area contributed by atoms with E-state index in [1.54, 1.807) is 6.92 Å². The first kappa shape index (κ1) is 20.2. The molecule has 2 heterocycles. The first-order valence-corrected chi connectivity index (χ1v) is 12.3. The van der Waals surface area contributed by atoms with Gasteiger partial charge in [0, 0.05) is 12.1 Å². The SMILES string of the molecule is CCOC(=O)n1nc2c(c1NC(=O)C1(S(C)(C)CC)CCC1)CNC2(C)C. The Hall–Kier alpha value is -1.54. The first-order chi connectivity index (χ1) is 12.6. The highest BCUT2D eigenvalue weighted by Gasteiger charge is 2.52. The van der Waals surface area contributed by atoms with Gasteiger partial charge in [-0.1, -0.05) is 6.92 Å². The van der Waals surface area contributed by atoms with Gasteiger partial charge in [0.25, 0.3) is 0 Å². The number of nitrogens with zero attached hydrogens (tertiary/aromatic N) is 2. The smallest absolute Gasteiger partial charge is 0.436 e. The van der Waals surface area contributed by atoms with Crippen molar-refractivity contribution in [3.05, 3.63) is 11.3 Å². The number of rotatable bonds is 5. The molecule has 0 saturated heterocycles. The maximum Gasteiger partial charge on any atom is 0.436 e. The Morgan fingerprint density at radius 2 is 1.96 bits per heavy atom. The maximum atomic E-state index is 13.4. The molecule has 27 heavy (non-hydrogen) atoms. The van der Waals surface area contributed by atoms with Crippen molar-refractivity contribution in [2.24, 2.45) is 0 Å². The number of aromatic nitrogens is 2. The summed E-state index contributed by atoms with van der Waals surface area (Å²) in [5.41, 5.74) is 1.31. The molecule has 1 aromatic heterocycles. The largest absolute Gasteiger partial charge is 0.448 e. The molecule has 0 aromatic carbocycles. The van der Waals surface area contributed by atoms with Crippen LogP contribution < -0.4 is 10.6 Å². The van der Waals surface area contributed by atoms with Gasteiger partial charge >= 0.3 is 6.09 Å². The van der Waals surface area contributed by atoms with E-state index in [9.17, 15) is 9.59 Å². The van der Waals surface area contributed by atoms with Crippen LogP contribution in [0.1, 0.15) is 58.2 Å². The van der Waals surface area contributed by atoms with Crippen molar-refractivity contribution in [1.29, 1.82) is 0 Å². The third kappa shape index (κ3) is 3.06. The summed E-state index contributed by atoms with van der Waals surface area (Å²) in [6, 6.07) is 0. The number of amides is 1. The zero-order chi connectivity index (χ0) is 20.0. The molecular formula is C19H32N4O3S. The number of nitrogens with one attached hydrogen (secondary N) is 2. The van der Waals surface area contributed by atoms with E-state index in [0.29, 0.717) is 12.4 Å². The van der Waals surface area contributed by atoms with Crippen molar-refractivity contribution in [1.82, 2.24) is 15.1 Å². The number of hydrogen-bond donors (Lipinski definition) is 2. The van der Waals surface area contributed by atoms with E-state index in [-0.39, 0.29) is 22.8 Å². The lowest BCUT2D eigenvalue weighted by Gasteiger charge is -2.54. The third-order valence-corrected chi connectivity index (χ3v) is 10.5. The van der Waals surface area contributed by atoms with Gasteiger partial charge in [-0.2, -0.15) is 5.10 Å². The molecule has 1 aliphatic heterocycles. The standard InChI is InChI=1S/C19H32N4O3S/c1-7-26-17(25)23-15(13-12-20-18(3,4)14(13)22-23)21-16(24)19(10-9-11-19)27(5,6)8-2/h20H,7-12H2,1-6H3,(H,21,24). The van der Waals surface area contributed by atoms with Crippen LogP contribution in [-0.4, -0.2) is 51.4 Å². The van der Waals surface area contributed by atoms with Gasteiger partial charge in [-0.25, -0.2) is 14.8 Å². The second kappa shape index (κ2) is 6.81. The van der Waals surface area contributed by atoms with E-state index < -0.39 is 16.1 Å². The summed E-state index contributed by atoms with van der Waals surface area (Å²) in [4.78, 5) is 25.9. The van der Waals surface area contributed by atoms with Gasteiger partial charge in [0.15, 0.2) is 0 Å². The summed E-state index contributed by atoms with van der Waals surface area (Å²) in [5, 5.41) is 11.0. The van der Waals surface area contributed by atoms with Crippen molar-refractivity contribution < 1.29 is 14.3 Å². The van der Waals surface area contributed by atoms with Gasteiger partial charge in [-0.15, -0.1) is 4.68 Å². The Morgan fingerprint density at radius 1 is 1.30 bits per heavy atom. The van der Waals surface area contributed by atoms with Crippen LogP contribution in [-0.2, 0) is 21.6 Å². The number of hydrogen-bond acceptors (Lipinski definition) is 5. The molecule has 0 spiro atoms. The van der Waals surface area contributed by atoms with Crippen LogP contribution in [0.3, 0.4) is 0 Å². The highest BCUT2D eigenvalue weighted by molar-refractivity contribution is 8.34. The topological polar surface area (TPSA) is 85.2 Å². The Balaban J connectivity index is 1.99. The Bertz CT molecular complexity index is 765. The van der Waals surface area contributed by atoms with Crippen molar-refractivity contribution in [3.8, 4) is 0 Å². The van der Waals surface area contributed by atoms with Crippen LogP contribution in [0.5, 0.6) is 0 Å². The van der Waals surface area contributed by atoms with Crippen LogP contribution in [0.2, 0.25) is 0 Å². The minimum Gasteiger partial charge on any atom is -0.448 e. The molecule has 7 nitrogen and oxygen atoms in total. The lowest BCUT2D eigenvalue weighted by Crippen LogP contribution is -2.52. The average molecular weight is 397 g/mol. The summed E-state index contributed by atoms with van der Waals surface area (Å²) in [6.07, 6.45) is 6.83. The molecule has 0 atom stereocenters. The number of carbonyl (C=O) groups excluding carboxylic acids is 2. The monoisotopic (exact) mass is 396 g/mol. The van der Waals surface area contributed by atoms with Crippen LogP contribution in [0, 0.1) is 0 Å². The van der Waals surface area contributed by atoms with Gasteiger partial charge < -0.3 is 15.4 Å². The summed E-state index contributed by atoms with van der Waals surface area (Å²) in [6.45, 7) is 8.78. The van der Waals surface area contributed by atoms with Crippen LogP contribution >= 0.6 is 10.0 Å². The summed E-state index contributed by atoms with van der Waals surface area (Å²) < 4.78 is 6.08. The summed E-state index contributed by atoms with van der Waals surface area (Å²) in [7, 11) is -1.08. The molecule has 152 valence electrons. The predicted octanol–water partition coefficient (Wildman–Crippen LogP) is 3.17. The fraction of sp³-hybridized carbons (Fsp3) is 0.737. The fourth-order valence-corrected chi connectivity index (χ4v) is 6.48. The minimum absolute atomic E-state index is 0.0218. The van der Waals surface area contributed by atoms with Crippen molar-refractivity contribution >= 4 is 27.8 Å². The predicted molar refractivity (Wildman–Crippen MR) is 110 cm³/mol. The van der Waals surface area contributed by atoms with Gasteiger partial charge in [0.05, 0.1) is 22.6 Å². The summed E-state index contributed by atoms with van der Waals surface area (Å²) in [5.74, 6) is 1.49. The lowest BCUT2D eigenvalue weighted by molar-refractivity contribution is -0.120. The molecule has 0 bridgehead atoms. The Morgan fingerprint density at radius 3 is 2.48 bits per heavy atom. The molecular weight excluding hydrogens is 364 g/mol. The number of anilines is 1. The van der Waals surface area contributed by atoms with E-state index in [1.165, 1.54) is 4.68 Å². The van der Waals surface area contributed by atoms with Gasteiger partial charge in [-0.3, -0.25) is 4.79 Å². The van der Waals surface area contributed by atoms with Crippen molar-refractivity contribution in [2.75, 3.05) is 30.2 Å². The lowest BCUT2D eigenvalue weighted by atomic mass is 9.83. The van der Waals surface area contributed by atoms with E-state index in [2.05, 4.69) is 35.2 Å². The first-order valence-electron chi connectivity index (χ1n) is 9.66. The number of ether oxygens (including phenoxy) is 1. The molecule has 1 saturated carbocycles. The second-order valence-corrected chi connectivity index (χ2v) is 12.8. The number of carbonyl (C=O) groups is 2. The van der Waals surface area contributed by atoms with Gasteiger partial charge in [-0.05, 0) is 58.3 Å². The molecule has 8 heteroatoms. The van der Waals surface area contributed by atoms with Crippen LogP contribution in [0.15, 0.2) is 0 Å². The van der Waals surface area contributed by atoms with E-state index in [0.717, 1.165) is 36.3 Å². The highest BCUT2D eigenvalue weighted by atomic mass is 32.3. The highest BCUT2D eigenvalue weighted by Crippen LogP contribution is 2.62. The zero-order valence-electron chi connectivity index (χ0n) is 17.3. The normalized spacial score (nSPS) is 20.5. The van der Waals surface area contributed by atoms with E-state index in [1.807, 2.05) is 13.8 Å². The van der Waals surface area contributed by atoms with Gasteiger partial charge in [0.2, 0.25) is 5.91 Å². The molecule has 2 aliphatic rings. The van der Waals surface area contributed by atoms with Crippen molar-refractivity contribution in [3.63, 3.8) is 0 Å². The number of fused-ring (bicyclic) bond motifs is 1. The third-order valence-electron chi connectivity index (χ3n) is 6.31. The van der Waals surface area contributed by atoms with Crippen molar-refractivity contribution in [2.45, 2.75) is 63.8 Å². The molecule has 0 radical (unpaired) electrons. The molecule has 1 amide bonds. The van der Waals surface area contributed by atoms with Gasteiger partial charge in [0.1, 0.15) is 5.82 Å². The quantitative estimate of drug-likeness (QED) is 0.798. The average Bonchev–Trinajstić information content (AvgIpc) is 3.05. The van der Waals surface area contributed by atoms with Crippen LogP contribution in [0.25, 0.3) is 0 Å². The molecule has 3 rings (SSSR count). The molecule has 1 aliphatic carbocycles. The fourth-order valence-electron chi connectivity index (χ4n) is 3.98. The van der Waals surface area contributed by atoms with E-state index in [4.69, 9.17) is 4.74 Å².